The van der Waals surface area contributed by atoms with Crippen molar-refractivity contribution < 1.29 is 0 Å². The maximum atomic E-state index is 6.12. The number of thiophene rings is 2. The first-order chi connectivity index (χ1) is 9.81. The van der Waals surface area contributed by atoms with E-state index in [2.05, 4.69) is 40.8 Å². The molecule has 1 unspecified atom stereocenters. The van der Waals surface area contributed by atoms with Crippen LogP contribution in [-0.2, 0) is 13.0 Å². The molecule has 4 heteroatoms. The number of hydrogen-bond donors (Lipinski definition) is 1. The van der Waals surface area contributed by atoms with Gasteiger partial charge in [0.2, 0.25) is 0 Å². The van der Waals surface area contributed by atoms with E-state index < -0.39 is 0 Å². The molecular formula is C16H22N2S2. The van der Waals surface area contributed by atoms with Gasteiger partial charge in [0.15, 0.2) is 0 Å². The Hall–Kier alpha value is -0.680. The zero-order valence-corrected chi connectivity index (χ0v) is 13.6. The van der Waals surface area contributed by atoms with E-state index in [0.29, 0.717) is 12.6 Å². The van der Waals surface area contributed by atoms with Gasteiger partial charge in [-0.3, -0.25) is 4.90 Å². The summed E-state index contributed by atoms with van der Waals surface area (Å²) < 4.78 is 0. The second kappa shape index (κ2) is 6.39. The Balaban J connectivity index is 1.80. The van der Waals surface area contributed by atoms with E-state index in [-0.39, 0.29) is 0 Å². The molecule has 0 aliphatic heterocycles. The smallest absolute Gasteiger partial charge is 0.0570 e. The number of nitrogens with two attached hydrogens (primary N) is 1. The van der Waals surface area contributed by atoms with Crippen LogP contribution in [0.1, 0.15) is 41.1 Å². The minimum atomic E-state index is 0.382. The molecule has 1 saturated carbocycles. The molecule has 2 aromatic heterocycles. The highest BCUT2D eigenvalue weighted by atomic mass is 32.1. The molecule has 0 spiro atoms. The Kier molecular flexibility index (Phi) is 4.56. The van der Waals surface area contributed by atoms with E-state index in [0.717, 1.165) is 19.0 Å². The van der Waals surface area contributed by atoms with Crippen molar-refractivity contribution in [1.29, 1.82) is 0 Å². The Labute approximate surface area is 129 Å². The van der Waals surface area contributed by atoms with Gasteiger partial charge in [-0.25, -0.2) is 0 Å². The predicted octanol–water partition coefficient (Wildman–Crippen LogP) is 4.04. The van der Waals surface area contributed by atoms with Crippen LogP contribution < -0.4 is 5.73 Å². The van der Waals surface area contributed by atoms with Crippen LogP contribution in [0, 0.1) is 0 Å². The summed E-state index contributed by atoms with van der Waals surface area (Å²) in [5.41, 5.74) is 7.54. The Morgan fingerprint density at radius 2 is 2.20 bits per heavy atom. The molecule has 1 fully saturated rings. The summed E-state index contributed by atoms with van der Waals surface area (Å²) in [5, 5.41) is 4.42. The lowest BCUT2D eigenvalue weighted by atomic mass is 10.1. The second-order valence-electron chi connectivity index (χ2n) is 5.44. The molecule has 0 amide bonds. The summed E-state index contributed by atoms with van der Waals surface area (Å²) in [6.45, 7) is 3.97. The fourth-order valence-corrected chi connectivity index (χ4v) is 4.42. The van der Waals surface area contributed by atoms with Gasteiger partial charge in [-0.1, -0.05) is 6.92 Å². The zero-order valence-electron chi connectivity index (χ0n) is 11.9. The molecule has 1 atom stereocenters. The number of nitrogens with zero attached hydrogens (tertiary/aromatic N) is 1. The lowest BCUT2D eigenvalue weighted by Gasteiger charge is -2.30. The predicted molar refractivity (Wildman–Crippen MR) is 88.4 cm³/mol. The van der Waals surface area contributed by atoms with Crippen molar-refractivity contribution in [2.24, 2.45) is 5.73 Å². The van der Waals surface area contributed by atoms with Crippen LogP contribution in [0.15, 0.2) is 29.0 Å². The molecule has 0 bridgehead atoms. The summed E-state index contributed by atoms with van der Waals surface area (Å²) in [5.74, 6) is 0. The van der Waals surface area contributed by atoms with Crippen molar-refractivity contribution in [3.8, 4) is 0 Å². The first kappa shape index (κ1) is 14.3. The van der Waals surface area contributed by atoms with Crippen LogP contribution in [0.5, 0.6) is 0 Å². The number of hydrogen-bond acceptors (Lipinski definition) is 4. The molecule has 20 heavy (non-hydrogen) atoms. The molecule has 0 aromatic carbocycles. The van der Waals surface area contributed by atoms with E-state index in [1.54, 1.807) is 11.3 Å². The third-order valence-corrected chi connectivity index (χ3v) is 6.01. The topological polar surface area (TPSA) is 29.3 Å². The lowest BCUT2D eigenvalue weighted by Crippen LogP contribution is -2.34. The van der Waals surface area contributed by atoms with Crippen molar-refractivity contribution in [2.75, 3.05) is 6.54 Å². The molecule has 1 aliphatic carbocycles. The highest BCUT2D eigenvalue weighted by molar-refractivity contribution is 7.12. The van der Waals surface area contributed by atoms with Crippen molar-refractivity contribution in [1.82, 2.24) is 4.90 Å². The van der Waals surface area contributed by atoms with E-state index in [1.165, 1.54) is 28.2 Å². The quantitative estimate of drug-likeness (QED) is 0.836. The monoisotopic (exact) mass is 306 g/mol. The molecule has 2 aromatic rings. The SMILES string of the molecule is CCc1ccc(C(CN)N(Cc2ccsc2)C2CC2)s1. The Morgan fingerprint density at radius 3 is 2.75 bits per heavy atom. The third-order valence-electron chi connectivity index (χ3n) is 3.94. The van der Waals surface area contributed by atoms with Crippen LogP contribution in [0.2, 0.25) is 0 Å². The molecule has 0 radical (unpaired) electrons. The van der Waals surface area contributed by atoms with Crippen LogP contribution in [0.3, 0.4) is 0 Å². The summed E-state index contributed by atoms with van der Waals surface area (Å²) in [7, 11) is 0. The third kappa shape index (κ3) is 3.14. The van der Waals surface area contributed by atoms with E-state index in [9.17, 15) is 0 Å². The second-order valence-corrected chi connectivity index (χ2v) is 7.42. The fraction of sp³-hybridized carbons (Fsp3) is 0.500. The first-order valence-corrected chi connectivity index (χ1v) is 9.13. The van der Waals surface area contributed by atoms with Crippen LogP contribution in [-0.4, -0.2) is 17.5 Å². The maximum absolute atomic E-state index is 6.12. The molecule has 1 aliphatic rings. The zero-order chi connectivity index (χ0) is 13.9. The molecule has 0 saturated heterocycles. The van der Waals surface area contributed by atoms with Gasteiger partial charge < -0.3 is 5.73 Å². The average molecular weight is 307 g/mol. The lowest BCUT2D eigenvalue weighted by molar-refractivity contribution is 0.185. The van der Waals surface area contributed by atoms with Crippen molar-refractivity contribution >= 4 is 22.7 Å². The van der Waals surface area contributed by atoms with E-state index in [4.69, 9.17) is 5.73 Å². The molecule has 3 rings (SSSR count). The summed E-state index contributed by atoms with van der Waals surface area (Å²) in [6.07, 6.45) is 3.77. The van der Waals surface area contributed by atoms with Gasteiger partial charge in [0.25, 0.3) is 0 Å². The average Bonchev–Trinajstić information content (AvgIpc) is 2.99. The largest absolute Gasteiger partial charge is 0.329 e. The fourth-order valence-electron chi connectivity index (χ4n) is 2.67. The highest BCUT2D eigenvalue weighted by Crippen LogP contribution is 2.37. The van der Waals surface area contributed by atoms with Crippen LogP contribution in [0.4, 0.5) is 0 Å². The van der Waals surface area contributed by atoms with Gasteiger partial charge in [0, 0.05) is 28.9 Å². The standard InChI is InChI=1S/C16H22N2S2/c1-2-14-5-6-16(20-14)15(9-17)18(13-3-4-13)10-12-7-8-19-11-12/h5-8,11,13,15H,2-4,9-10,17H2,1H3. The van der Waals surface area contributed by atoms with Crippen molar-refractivity contribution in [3.63, 3.8) is 0 Å². The Morgan fingerprint density at radius 1 is 1.35 bits per heavy atom. The van der Waals surface area contributed by atoms with Crippen molar-refractivity contribution in [2.45, 2.75) is 44.8 Å². The molecule has 2 N–H and O–H groups in total. The van der Waals surface area contributed by atoms with Gasteiger partial charge >= 0.3 is 0 Å². The van der Waals surface area contributed by atoms with Crippen LogP contribution in [0.25, 0.3) is 0 Å². The minimum absolute atomic E-state index is 0.382. The molecular weight excluding hydrogens is 284 g/mol. The number of rotatable bonds is 7. The normalized spacial score (nSPS) is 16.8. The first-order valence-electron chi connectivity index (χ1n) is 7.37. The van der Waals surface area contributed by atoms with Crippen LogP contribution >= 0.6 is 22.7 Å². The maximum Gasteiger partial charge on any atom is 0.0570 e. The number of aryl methyl sites for hydroxylation is 1. The van der Waals surface area contributed by atoms with Gasteiger partial charge in [-0.15, -0.1) is 11.3 Å². The summed E-state index contributed by atoms with van der Waals surface area (Å²) in [6, 6.07) is 7.89. The molecule has 108 valence electrons. The van der Waals surface area contributed by atoms with E-state index >= 15 is 0 Å². The van der Waals surface area contributed by atoms with Gasteiger partial charge in [0.05, 0.1) is 6.04 Å². The summed E-state index contributed by atoms with van der Waals surface area (Å²) in [4.78, 5) is 5.52. The summed E-state index contributed by atoms with van der Waals surface area (Å²) >= 11 is 3.71. The molecule has 2 nitrogen and oxygen atoms in total. The van der Waals surface area contributed by atoms with Gasteiger partial charge in [-0.2, -0.15) is 11.3 Å². The Bertz CT molecular complexity index is 528. The van der Waals surface area contributed by atoms with Gasteiger partial charge in [0.1, 0.15) is 0 Å². The van der Waals surface area contributed by atoms with E-state index in [1.807, 2.05) is 11.3 Å². The van der Waals surface area contributed by atoms with Crippen molar-refractivity contribution in [3.05, 3.63) is 44.3 Å². The minimum Gasteiger partial charge on any atom is -0.329 e. The molecule has 2 heterocycles. The van der Waals surface area contributed by atoms with Gasteiger partial charge in [-0.05, 0) is 53.8 Å². The highest BCUT2D eigenvalue weighted by Gasteiger charge is 2.34.